The Bertz CT molecular complexity index is 354. The van der Waals surface area contributed by atoms with Crippen LogP contribution in [0, 0.1) is 0 Å². The Kier molecular flexibility index (Phi) is 6.83. The van der Waals surface area contributed by atoms with E-state index < -0.39 is 12.0 Å². The van der Waals surface area contributed by atoms with Gasteiger partial charge in [-0.05, 0) is 12.8 Å². The molecule has 20 heavy (non-hydrogen) atoms. The fourth-order valence-corrected chi connectivity index (χ4v) is 2.30. The summed E-state index contributed by atoms with van der Waals surface area (Å²) in [4.78, 5) is 35.2. The lowest BCUT2D eigenvalue weighted by atomic mass is 9.94. The van der Waals surface area contributed by atoms with E-state index in [1.807, 2.05) is 0 Å². The van der Waals surface area contributed by atoms with E-state index in [0.29, 0.717) is 0 Å². The number of carbonyl (C=O) groups is 3. The van der Waals surface area contributed by atoms with Crippen LogP contribution in [0.3, 0.4) is 0 Å². The van der Waals surface area contributed by atoms with Gasteiger partial charge in [0.05, 0.1) is 13.0 Å². The highest BCUT2D eigenvalue weighted by atomic mass is 16.4. The molecule has 114 valence electrons. The Labute approximate surface area is 118 Å². The third kappa shape index (κ3) is 5.90. The van der Waals surface area contributed by atoms with E-state index in [-0.39, 0.29) is 31.5 Å². The standard InChI is InChI=1S/C13H23N3O4/c1-16(10-5-3-2-4-6-10)11(17)9-15-13(20)14-8-7-12(18)19/h10H,2-9H2,1H3,(H,18,19)(H2,14,15,20). The number of rotatable bonds is 6. The summed E-state index contributed by atoms with van der Waals surface area (Å²) < 4.78 is 0. The van der Waals surface area contributed by atoms with Crippen molar-refractivity contribution in [1.29, 1.82) is 0 Å². The van der Waals surface area contributed by atoms with Gasteiger partial charge in [0, 0.05) is 19.6 Å². The van der Waals surface area contributed by atoms with Crippen molar-refractivity contribution in [3.8, 4) is 0 Å². The lowest BCUT2D eigenvalue weighted by molar-refractivity contribution is -0.137. The summed E-state index contributed by atoms with van der Waals surface area (Å²) in [7, 11) is 1.77. The molecule has 0 spiro atoms. The van der Waals surface area contributed by atoms with Gasteiger partial charge in [0.25, 0.3) is 0 Å². The lowest BCUT2D eigenvalue weighted by Gasteiger charge is -2.31. The number of hydrogen-bond donors (Lipinski definition) is 3. The highest BCUT2D eigenvalue weighted by molar-refractivity contribution is 5.84. The third-order valence-corrected chi connectivity index (χ3v) is 3.54. The first kappa shape index (κ1) is 16.3. The molecule has 0 aromatic carbocycles. The van der Waals surface area contributed by atoms with Crippen molar-refractivity contribution in [2.45, 2.75) is 44.6 Å². The minimum absolute atomic E-state index is 0.0494. The SMILES string of the molecule is CN(C(=O)CNC(=O)NCCC(=O)O)C1CCCCC1. The largest absolute Gasteiger partial charge is 0.481 e. The lowest BCUT2D eigenvalue weighted by Crippen LogP contribution is -2.46. The van der Waals surface area contributed by atoms with Crippen molar-refractivity contribution in [2.24, 2.45) is 0 Å². The highest BCUT2D eigenvalue weighted by Crippen LogP contribution is 2.21. The number of urea groups is 1. The van der Waals surface area contributed by atoms with Crippen LogP contribution in [0.1, 0.15) is 38.5 Å². The topological polar surface area (TPSA) is 98.7 Å². The van der Waals surface area contributed by atoms with Gasteiger partial charge in [-0.1, -0.05) is 19.3 Å². The molecule has 7 heteroatoms. The Morgan fingerprint density at radius 2 is 1.80 bits per heavy atom. The van der Waals surface area contributed by atoms with Crippen LogP contribution >= 0.6 is 0 Å². The van der Waals surface area contributed by atoms with E-state index in [4.69, 9.17) is 5.11 Å². The van der Waals surface area contributed by atoms with Gasteiger partial charge in [-0.2, -0.15) is 0 Å². The molecule has 0 unspecified atom stereocenters. The molecule has 3 amide bonds. The number of aliphatic carboxylic acids is 1. The molecule has 0 radical (unpaired) electrons. The molecule has 1 fully saturated rings. The smallest absolute Gasteiger partial charge is 0.315 e. The van der Waals surface area contributed by atoms with Crippen molar-refractivity contribution in [3.05, 3.63) is 0 Å². The maximum Gasteiger partial charge on any atom is 0.315 e. The number of carboxylic acid groups (broad SMARTS) is 1. The summed E-state index contributed by atoms with van der Waals surface area (Å²) in [6.45, 7) is -0.0142. The molecule has 0 saturated heterocycles. The number of hydrogen-bond acceptors (Lipinski definition) is 3. The summed E-state index contributed by atoms with van der Waals surface area (Å²) in [6, 6.07) is -0.246. The molecule has 0 aromatic rings. The molecule has 0 aliphatic heterocycles. The average molecular weight is 285 g/mol. The number of nitrogens with zero attached hydrogens (tertiary/aromatic N) is 1. The predicted octanol–water partition coefficient (Wildman–Crippen LogP) is 0.551. The van der Waals surface area contributed by atoms with Crippen LogP contribution < -0.4 is 10.6 Å². The number of likely N-dealkylation sites (N-methyl/N-ethyl adjacent to an activating group) is 1. The Morgan fingerprint density at radius 1 is 1.15 bits per heavy atom. The summed E-state index contributed by atoms with van der Waals surface area (Å²) in [5, 5.41) is 13.3. The van der Waals surface area contributed by atoms with Gasteiger partial charge in [-0.15, -0.1) is 0 Å². The van der Waals surface area contributed by atoms with Gasteiger partial charge in [-0.3, -0.25) is 9.59 Å². The van der Waals surface area contributed by atoms with E-state index in [0.717, 1.165) is 25.7 Å². The van der Waals surface area contributed by atoms with E-state index >= 15 is 0 Å². The second kappa shape index (κ2) is 8.39. The fraction of sp³-hybridized carbons (Fsp3) is 0.769. The molecule has 0 heterocycles. The maximum absolute atomic E-state index is 11.9. The average Bonchev–Trinajstić information content (AvgIpc) is 2.44. The Hall–Kier alpha value is -1.79. The quantitative estimate of drug-likeness (QED) is 0.663. The van der Waals surface area contributed by atoms with Crippen LogP contribution in [0.5, 0.6) is 0 Å². The molecular weight excluding hydrogens is 262 g/mol. The van der Waals surface area contributed by atoms with Gasteiger partial charge in [0.2, 0.25) is 5.91 Å². The van der Waals surface area contributed by atoms with Gasteiger partial charge in [-0.25, -0.2) is 4.79 Å². The molecule has 7 nitrogen and oxygen atoms in total. The zero-order chi connectivity index (χ0) is 15.0. The summed E-state index contributed by atoms with van der Waals surface area (Å²) >= 11 is 0. The number of carboxylic acids is 1. The zero-order valence-corrected chi connectivity index (χ0v) is 11.9. The van der Waals surface area contributed by atoms with E-state index in [2.05, 4.69) is 10.6 Å². The van der Waals surface area contributed by atoms with Crippen LogP contribution in [-0.2, 0) is 9.59 Å². The molecule has 1 saturated carbocycles. The first-order chi connectivity index (χ1) is 9.50. The van der Waals surface area contributed by atoms with Gasteiger partial charge < -0.3 is 20.6 Å². The van der Waals surface area contributed by atoms with Crippen molar-refractivity contribution in [2.75, 3.05) is 20.1 Å². The van der Waals surface area contributed by atoms with Crippen molar-refractivity contribution in [1.82, 2.24) is 15.5 Å². The molecule has 3 N–H and O–H groups in total. The van der Waals surface area contributed by atoms with E-state index in [1.165, 1.54) is 6.42 Å². The third-order valence-electron chi connectivity index (χ3n) is 3.54. The van der Waals surface area contributed by atoms with Crippen molar-refractivity contribution < 1.29 is 19.5 Å². The molecule has 0 bridgehead atoms. The first-order valence-electron chi connectivity index (χ1n) is 7.00. The number of nitrogens with one attached hydrogen (secondary N) is 2. The fourth-order valence-electron chi connectivity index (χ4n) is 2.30. The molecule has 0 aromatic heterocycles. The Balaban J connectivity index is 2.20. The van der Waals surface area contributed by atoms with Crippen molar-refractivity contribution >= 4 is 17.9 Å². The number of amides is 3. The Morgan fingerprint density at radius 3 is 2.40 bits per heavy atom. The summed E-state index contributed by atoms with van der Waals surface area (Å²) in [6.07, 6.45) is 5.42. The van der Waals surface area contributed by atoms with E-state index in [1.54, 1.807) is 11.9 Å². The van der Waals surface area contributed by atoms with Crippen LogP contribution in [0.25, 0.3) is 0 Å². The monoisotopic (exact) mass is 285 g/mol. The van der Waals surface area contributed by atoms with Gasteiger partial charge in [0.15, 0.2) is 0 Å². The summed E-state index contributed by atoms with van der Waals surface area (Å²) in [5.74, 6) is -1.09. The zero-order valence-electron chi connectivity index (χ0n) is 11.9. The van der Waals surface area contributed by atoms with Gasteiger partial charge in [0.1, 0.15) is 0 Å². The second-order valence-corrected chi connectivity index (χ2v) is 5.05. The summed E-state index contributed by atoms with van der Waals surface area (Å²) in [5.41, 5.74) is 0. The van der Waals surface area contributed by atoms with E-state index in [9.17, 15) is 14.4 Å². The van der Waals surface area contributed by atoms with Crippen LogP contribution in [-0.4, -0.2) is 54.1 Å². The maximum atomic E-state index is 11.9. The predicted molar refractivity (Wildman–Crippen MR) is 73.3 cm³/mol. The first-order valence-corrected chi connectivity index (χ1v) is 7.00. The normalized spacial score (nSPS) is 15.4. The molecule has 1 rings (SSSR count). The number of carbonyl (C=O) groups excluding carboxylic acids is 2. The highest BCUT2D eigenvalue weighted by Gasteiger charge is 2.21. The second-order valence-electron chi connectivity index (χ2n) is 5.05. The van der Waals surface area contributed by atoms with Crippen LogP contribution in [0.4, 0.5) is 4.79 Å². The van der Waals surface area contributed by atoms with Crippen molar-refractivity contribution in [3.63, 3.8) is 0 Å². The van der Waals surface area contributed by atoms with Gasteiger partial charge >= 0.3 is 12.0 Å². The minimum Gasteiger partial charge on any atom is -0.481 e. The van der Waals surface area contributed by atoms with Crippen LogP contribution in [0.2, 0.25) is 0 Å². The molecule has 0 atom stereocenters. The molecule has 1 aliphatic carbocycles. The minimum atomic E-state index is -0.974. The van der Waals surface area contributed by atoms with Crippen LogP contribution in [0.15, 0.2) is 0 Å². The molecular formula is C13H23N3O4. The molecule has 1 aliphatic rings.